The Morgan fingerprint density at radius 1 is 0.857 bits per heavy atom. The predicted molar refractivity (Wildman–Crippen MR) is 107 cm³/mol. The first-order valence-corrected chi connectivity index (χ1v) is 11.1. The van der Waals surface area contributed by atoms with Crippen LogP contribution in [0, 0.1) is 6.92 Å². The summed E-state index contributed by atoms with van der Waals surface area (Å²) in [5.41, 5.74) is 0.975. The number of nitrogens with zero attached hydrogens (tertiary/aromatic N) is 2. The van der Waals surface area contributed by atoms with Gasteiger partial charge in [-0.05, 0) is 42.8 Å². The summed E-state index contributed by atoms with van der Waals surface area (Å²) in [6, 6.07) is 10.2. The number of anilines is 1. The lowest BCUT2D eigenvalue weighted by Gasteiger charge is -2.15. The molecule has 0 unspecified atom stereocenters. The van der Waals surface area contributed by atoms with Gasteiger partial charge in [-0.2, -0.15) is 0 Å². The second-order valence-electron chi connectivity index (χ2n) is 6.54. The molecule has 0 heterocycles. The molecule has 0 aliphatic rings. The van der Waals surface area contributed by atoms with Gasteiger partial charge in [0.15, 0.2) is 0 Å². The zero-order chi connectivity index (χ0) is 21.3. The van der Waals surface area contributed by atoms with E-state index >= 15 is 0 Å². The van der Waals surface area contributed by atoms with Crippen LogP contribution in [0.3, 0.4) is 0 Å². The Labute approximate surface area is 165 Å². The van der Waals surface area contributed by atoms with Crippen molar-refractivity contribution in [2.45, 2.75) is 16.7 Å². The molecule has 0 fully saturated rings. The van der Waals surface area contributed by atoms with Crippen LogP contribution in [0.25, 0.3) is 0 Å². The van der Waals surface area contributed by atoms with Gasteiger partial charge in [0, 0.05) is 39.4 Å². The molecule has 1 amide bonds. The quantitative estimate of drug-likeness (QED) is 0.759. The molecule has 0 bridgehead atoms. The number of hydrogen-bond donors (Lipinski definition) is 1. The molecule has 8 nitrogen and oxygen atoms in total. The second-order valence-corrected chi connectivity index (χ2v) is 10.8. The molecule has 0 radical (unpaired) electrons. The highest BCUT2D eigenvalue weighted by atomic mass is 32.2. The summed E-state index contributed by atoms with van der Waals surface area (Å²) in [4.78, 5) is 12.6. The number of hydrogen-bond acceptors (Lipinski definition) is 5. The highest BCUT2D eigenvalue weighted by Gasteiger charge is 2.21. The van der Waals surface area contributed by atoms with Gasteiger partial charge in [0.25, 0.3) is 5.91 Å². The zero-order valence-electron chi connectivity index (χ0n) is 16.3. The number of aryl methyl sites for hydroxylation is 1. The number of carbonyl (C=O) groups excluding carboxylic acids is 1. The maximum atomic E-state index is 12.6. The molecule has 0 aromatic heterocycles. The van der Waals surface area contributed by atoms with Gasteiger partial charge in [0.1, 0.15) is 0 Å². The number of nitrogens with one attached hydrogen (secondary N) is 1. The van der Waals surface area contributed by atoms with E-state index in [1.807, 2.05) is 0 Å². The van der Waals surface area contributed by atoms with E-state index in [0.717, 1.165) is 8.61 Å². The Kier molecular flexibility index (Phi) is 6.29. The topological polar surface area (TPSA) is 104 Å². The lowest BCUT2D eigenvalue weighted by atomic mass is 10.2. The maximum Gasteiger partial charge on any atom is 0.255 e. The van der Waals surface area contributed by atoms with Crippen LogP contribution in [0.4, 0.5) is 5.69 Å². The van der Waals surface area contributed by atoms with Crippen molar-refractivity contribution in [2.75, 3.05) is 33.5 Å². The monoisotopic (exact) mass is 425 g/mol. The van der Waals surface area contributed by atoms with Crippen molar-refractivity contribution >= 4 is 31.6 Å². The molecule has 0 saturated carbocycles. The lowest BCUT2D eigenvalue weighted by molar-refractivity contribution is 0.102. The predicted octanol–water partition coefficient (Wildman–Crippen LogP) is 1.75. The van der Waals surface area contributed by atoms with E-state index < -0.39 is 26.0 Å². The van der Waals surface area contributed by atoms with Crippen molar-refractivity contribution in [3.8, 4) is 0 Å². The Hall–Kier alpha value is -2.27. The third kappa shape index (κ3) is 4.41. The van der Waals surface area contributed by atoms with E-state index in [1.54, 1.807) is 19.1 Å². The number of benzene rings is 2. The van der Waals surface area contributed by atoms with Crippen molar-refractivity contribution in [3.05, 3.63) is 53.6 Å². The van der Waals surface area contributed by atoms with Crippen LogP contribution < -0.4 is 5.32 Å². The Morgan fingerprint density at radius 2 is 1.46 bits per heavy atom. The lowest BCUT2D eigenvalue weighted by Crippen LogP contribution is -2.23. The van der Waals surface area contributed by atoms with Crippen molar-refractivity contribution in [2.24, 2.45) is 0 Å². The first-order valence-electron chi connectivity index (χ1n) is 8.24. The van der Waals surface area contributed by atoms with Crippen LogP contribution >= 0.6 is 0 Å². The number of rotatable bonds is 6. The van der Waals surface area contributed by atoms with Gasteiger partial charge in [-0.3, -0.25) is 4.79 Å². The summed E-state index contributed by atoms with van der Waals surface area (Å²) in [6.45, 7) is 1.66. The van der Waals surface area contributed by atoms with Crippen LogP contribution in [-0.4, -0.2) is 59.5 Å². The Morgan fingerprint density at radius 3 is 2.04 bits per heavy atom. The van der Waals surface area contributed by atoms with E-state index in [1.165, 1.54) is 58.5 Å². The molecule has 1 N–H and O–H groups in total. The third-order valence-electron chi connectivity index (χ3n) is 4.08. The first kappa shape index (κ1) is 22.0. The fraction of sp³-hybridized carbons (Fsp3) is 0.278. The number of amides is 1. The summed E-state index contributed by atoms with van der Waals surface area (Å²) in [6.07, 6.45) is 0. The minimum atomic E-state index is -3.68. The largest absolute Gasteiger partial charge is 0.322 e. The second kappa shape index (κ2) is 8.00. The summed E-state index contributed by atoms with van der Waals surface area (Å²) < 4.78 is 51.5. The maximum absolute atomic E-state index is 12.6. The average Bonchev–Trinajstić information content (AvgIpc) is 2.62. The Balaban J connectivity index is 2.37. The molecule has 0 atom stereocenters. The summed E-state index contributed by atoms with van der Waals surface area (Å²) in [7, 11) is -1.69. The average molecular weight is 426 g/mol. The van der Waals surface area contributed by atoms with Crippen LogP contribution in [0.5, 0.6) is 0 Å². The molecule has 2 aromatic carbocycles. The molecule has 28 heavy (non-hydrogen) atoms. The van der Waals surface area contributed by atoms with Gasteiger partial charge >= 0.3 is 0 Å². The minimum Gasteiger partial charge on any atom is -0.322 e. The molecule has 0 aliphatic carbocycles. The molecule has 0 aliphatic heterocycles. The van der Waals surface area contributed by atoms with E-state index in [2.05, 4.69) is 5.32 Å². The fourth-order valence-corrected chi connectivity index (χ4v) is 4.46. The van der Waals surface area contributed by atoms with Crippen LogP contribution in [0.1, 0.15) is 15.9 Å². The molecule has 0 saturated heterocycles. The van der Waals surface area contributed by atoms with Crippen LogP contribution in [-0.2, 0) is 20.0 Å². The normalized spacial score (nSPS) is 12.4. The van der Waals surface area contributed by atoms with Gasteiger partial charge in [0.2, 0.25) is 20.0 Å². The van der Waals surface area contributed by atoms with E-state index in [4.69, 9.17) is 0 Å². The summed E-state index contributed by atoms with van der Waals surface area (Å²) in [5.74, 6) is -0.548. The first-order chi connectivity index (χ1) is 12.9. The standard InChI is InChI=1S/C18H23N3O5S2/c1-13-9-10-15(12-17(13)28(25,26)21(4)5)19-18(22)14-7-6-8-16(11-14)27(23,24)20(2)3/h6-12H,1-5H3,(H,19,22). The summed E-state index contributed by atoms with van der Waals surface area (Å²) in [5, 5.41) is 2.61. The SMILES string of the molecule is Cc1ccc(NC(=O)c2cccc(S(=O)(=O)N(C)C)c2)cc1S(=O)(=O)N(C)C. The minimum absolute atomic E-state index is 0.00932. The highest BCUT2D eigenvalue weighted by Crippen LogP contribution is 2.23. The molecule has 0 spiro atoms. The van der Waals surface area contributed by atoms with Gasteiger partial charge in [-0.25, -0.2) is 25.4 Å². The third-order valence-corrected chi connectivity index (χ3v) is 7.85. The highest BCUT2D eigenvalue weighted by molar-refractivity contribution is 7.89. The van der Waals surface area contributed by atoms with E-state index in [0.29, 0.717) is 5.56 Å². The van der Waals surface area contributed by atoms with Crippen molar-refractivity contribution < 1.29 is 21.6 Å². The molecule has 152 valence electrons. The van der Waals surface area contributed by atoms with E-state index in [-0.39, 0.29) is 21.0 Å². The number of carbonyl (C=O) groups is 1. The summed E-state index contributed by atoms with van der Waals surface area (Å²) >= 11 is 0. The molecule has 10 heteroatoms. The van der Waals surface area contributed by atoms with Crippen molar-refractivity contribution in [1.29, 1.82) is 0 Å². The molecule has 2 rings (SSSR count). The molecule has 2 aromatic rings. The van der Waals surface area contributed by atoms with Gasteiger partial charge in [0.05, 0.1) is 9.79 Å². The van der Waals surface area contributed by atoms with Crippen molar-refractivity contribution in [3.63, 3.8) is 0 Å². The Bertz CT molecular complexity index is 1110. The zero-order valence-corrected chi connectivity index (χ0v) is 17.9. The van der Waals surface area contributed by atoms with Gasteiger partial charge in [-0.15, -0.1) is 0 Å². The van der Waals surface area contributed by atoms with Gasteiger partial charge in [-0.1, -0.05) is 12.1 Å². The van der Waals surface area contributed by atoms with E-state index in [9.17, 15) is 21.6 Å². The fourth-order valence-electron chi connectivity index (χ4n) is 2.36. The van der Waals surface area contributed by atoms with Crippen LogP contribution in [0.2, 0.25) is 0 Å². The number of sulfonamides is 2. The van der Waals surface area contributed by atoms with Crippen molar-refractivity contribution in [1.82, 2.24) is 8.61 Å². The molecular weight excluding hydrogens is 402 g/mol. The smallest absolute Gasteiger partial charge is 0.255 e. The van der Waals surface area contributed by atoms with Crippen LogP contribution in [0.15, 0.2) is 52.3 Å². The molecular formula is C18H23N3O5S2. The van der Waals surface area contributed by atoms with Gasteiger partial charge < -0.3 is 5.32 Å².